The maximum Gasteiger partial charge on any atom is 0.273 e. The zero-order valence-corrected chi connectivity index (χ0v) is 14.5. The first-order valence-corrected chi connectivity index (χ1v) is 9.25. The minimum atomic E-state index is -0.434. The van der Waals surface area contributed by atoms with Crippen molar-refractivity contribution in [2.75, 3.05) is 12.4 Å². The molecule has 126 valence electrons. The van der Waals surface area contributed by atoms with Crippen LogP contribution in [0.15, 0.2) is 53.7 Å². The number of thioether (sulfide) groups is 1. The Morgan fingerprint density at radius 2 is 2.08 bits per heavy atom. The van der Waals surface area contributed by atoms with Crippen molar-refractivity contribution in [3.05, 3.63) is 58.6 Å². The molecule has 0 aliphatic carbocycles. The van der Waals surface area contributed by atoms with E-state index in [-0.39, 0.29) is 5.69 Å². The number of hydrogen-bond acceptors (Lipinski definition) is 7. The van der Waals surface area contributed by atoms with Gasteiger partial charge in [0.15, 0.2) is 5.16 Å². The van der Waals surface area contributed by atoms with E-state index in [1.165, 1.54) is 16.8 Å². The minimum absolute atomic E-state index is 0.0223. The van der Waals surface area contributed by atoms with E-state index in [2.05, 4.69) is 16.3 Å². The number of fused-ring (bicyclic) bond motifs is 3. The summed E-state index contributed by atoms with van der Waals surface area (Å²) >= 11 is 3.15. The molecular formula is C16H12N4O3S2. The van der Waals surface area contributed by atoms with Crippen molar-refractivity contribution in [2.24, 2.45) is 0 Å². The normalized spacial score (nSPS) is 11.2. The summed E-state index contributed by atoms with van der Waals surface area (Å²) in [5.74, 6) is 1.15. The maximum atomic E-state index is 10.8. The molecule has 0 saturated carbocycles. The second-order valence-corrected chi connectivity index (χ2v) is 7.19. The standard InChI is InChI=1S/C16H12N4O3S2/c21-20(22)11-4-3-5-12(10-11)23-8-9-24-15-17-18-16-19(15)13-6-1-2-7-14(13)25-16/h1-7,10H,8-9H2. The second-order valence-electron chi connectivity index (χ2n) is 5.12. The predicted octanol–water partition coefficient (Wildman–Crippen LogP) is 4.02. The highest BCUT2D eigenvalue weighted by Crippen LogP contribution is 2.29. The smallest absolute Gasteiger partial charge is 0.273 e. The average Bonchev–Trinajstić information content (AvgIpc) is 3.18. The van der Waals surface area contributed by atoms with E-state index < -0.39 is 4.92 Å². The first-order valence-electron chi connectivity index (χ1n) is 7.45. The fourth-order valence-corrected chi connectivity index (χ4v) is 4.21. The number of rotatable bonds is 6. The molecule has 4 rings (SSSR count). The number of non-ortho nitro benzene ring substituents is 1. The number of nitrogens with zero attached hydrogens (tertiary/aromatic N) is 4. The third kappa shape index (κ3) is 3.15. The van der Waals surface area contributed by atoms with Gasteiger partial charge in [0.2, 0.25) is 4.96 Å². The Morgan fingerprint density at radius 1 is 1.20 bits per heavy atom. The molecule has 0 unspecified atom stereocenters. The van der Waals surface area contributed by atoms with Crippen LogP contribution < -0.4 is 4.74 Å². The Kier molecular flexibility index (Phi) is 4.24. The molecule has 0 fully saturated rings. The molecule has 0 saturated heterocycles. The number of nitro benzene ring substituents is 1. The molecular weight excluding hydrogens is 360 g/mol. The molecule has 0 spiro atoms. The SMILES string of the molecule is O=[N+]([O-])c1cccc(OCCSc2nnc3sc4ccccc4n23)c1. The van der Waals surface area contributed by atoms with Gasteiger partial charge in [0.1, 0.15) is 5.75 Å². The van der Waals surface area contributed by atoms with Gasteiger partial charge in [-0.3, -0.25) is 14.5 Å². The van der Waals surface area contributed by atoms with Crippen LogP contribution in [0.3, 0.4) is 0 Å². The molecule has 0 radical (unpaired) electrons. The van der Waals surface area contributed by atoms with Gasteiger partial charge in [0.25, 0.3) is 5.69 Å². The van der Waals surface area contributed by atoms with Gasteiger partial charge in [-0.15, -0.1) is 10.2 Å². The molecule has 0 aliphatic heterocycles. The quantitative estimate of drug-likeness (QED) is 0.220. The van der Waals surface area contributed by atoms with Crippen LogP contribution in [0, 0.1) is 10.1 Å². The van der Waals surface area contributed by atoms with Gasteiger partial charge in [-0.2, -0.15) is 0 Å². The first-order chi connectivity index (χ1) is 12.2. The summed E-state index contributed by atoms with van der Waals surface area (Å²) in [6.07, 6.45) is 0. The molecule has 0 bridgehead atoms. The highest BCUT2D eigenvalue weighted by Gasteiger charge is 2.12. The monoisotopic (exact) mass is 372 g/mol. The summed E-state index contributed by atoms with van der Waals surface area (Å²) in [4.78, 5) is 11.2. The van der Waals surface area contributed by atoms with Crippen molar-refractivity contribution in [1.82, 2.24) is 14.6 Å². The fraction of sp³-hybridized carbons (Fsp3) is 0.125. The summed E-state index contributed by atoms with van der Waals surface area (Å²) in [6, 6.07) is 14.3. The molecule has 2 aromatic carbocycles. The Bertz CT molecular complexity index is 1060. The maximum absolute atomic E-state index is 10.8. The van der Waals surface area contributed by atoms with Crippen molar-refractivity contribution in [2.45, 2.75) is 5.16 Å². The van der Waals surface area contributed by atoms with Gasteiger partial charge in [0, 0.05) is 11.8 Å². The summed E-state index contributed by atoms with van der Waals surface area (Å²) in [6.45, 7) is 0.419. The number of nitro groups is 1. The lowest BCUT2D eigenvalue weighted by Gasteiger charge is -2.05. The molecule has 9 heteroatoms. The van der Waals surface area contributed by atoms with Gasteiger partial charge in [-0.05, 0) is 18.2 Å². The van der Waals surface area contributed by atoms with Crippen LogP contribution >= 0.6 is 23.1 Å². The second kappa shape index (κ2) is 6.69. The third-order valence-electron chi connectivity index (χ3n) is 3.52. The zero-order valence-electron chi connectivity index (χ0n) is 12.9. The Labute approximate surface area is 150 Å². The van der Waals surface area contributed by atoms with Crippen molar-refractivity contribution in [3.63, 3.8) is 0 Å². The third-order valence-corrected chi connectivity index (χ3v) is 5.43. The largest absolute Gasteiger partial charge is 0.492 e. The Balaban J connectivity index is 1.43. The van der Waals surface area contributed by atoms with Crippen molar-refractivity contribution >= 4 is 44.0 Å². The van der Waals surface area contributed by atoms with Crippen molar-refractivity contribution in [1.29, 1.82) is 0 Å². The number of benzene rings is 2. The molecule has 2 aromatic heterocycles. The van der Waals surface area contributed by atoms with Crippen LogP contribution in [-0.4, -0.2) is 31.9 Å². The molecule has 0 N–H and O–H groups in total. The van der Waals surface area contributed by atoms with Gasteiger partial charge in [-0.25, -0.2) is 0 Å². The summed E-state index contributed by atoms with van der Waals surface area (Å²) in [5.41, 5.74) is 1.11. The number of ether oxygens (including phenoxy) is 1. The lowest BCUT2D eigenvalue weighted by molar-refractivity contribution is -0.384. The summed E-state index contributed by atoms with van der Waals surface area (Å²) < 4.78 is 8.80. The molecule has 4 aromatic rings. The van der Waals surface area contributed by atoms with Gasteiger partial charge in [-0.1, -0.05) is 41.3 Å². The summed E-state index contributed by atoms with van der Waals surface area (Å²) in [7, 11) is 0. The van der Waals surface area contributed by atoms with Crippen LogP contribution in [0.2, 0.25) is 0 Å². The summed E-state index contributed by atoms with van der Waals surface area (Å²) in [5, 5.41) is 20.0. The number of para-hydroxylation sites is 1. The molecule has 7 nitrogen and oxygen atoms in total. The topological polar surface area (TPSA) is 82.6 Å². The number of aromatic nitrogens is 3. The van der Waals surface area contributed by atoms with E-state index in [1.807, 2.05) is 22.6 Å². The zero-order chi connectivity index (χ0) is 17.2. The number of thiazole rings is 1. The van der Waals surface area contributed by atoms with Gasteiger partial charge in [0.05, 0.1) is 27.8 Å². The van der Waals surface area contributed by atoms with E-state index in [1.54, 1.807) is 35.2 Å². The van der Waals surface area contributed by atoms with E-state index in [9.17, 15) is 10.1 Å². The molecule has 0 amide bonds. The predicted molar refractivity (Wildman–Crippen MR) is 97.7 cm³/mol. The Morgan fingerprint density at radius 3 is 2.96 bits per heavy atom. The highest BCUT2D eigenvalue weighted by molar-refractivity contribution is 7.99. The lowest BCUT2D eigenvalue weighted by atomic mass is 10.3. The van der Waals surface area contributed by atoms with Crippen LogP contribution in [0.4, 0.5) is 5.69 Å². The molecule has 0 atom stereocenters. The fourth-order valence-electron chi connectivity index (χ4n) is 2.43. The van der Waals surface area contributed by atoms with Crippen LogP contribution in [0.1, 0.15) is 0 Å². The number of hydrogen-bond donors (Lipinski definition) is 0. The van der Waals surface area contributed by atoms with Gasteiger partial charge < -0.3 is 4.74 Å². The molecule has 25 heavy (non-hydrogen) atoms. The van der Waals surface area contributed by atoms with Crippen LogP contribution in [-0.2, 0) is 0 Å². The average molecular weight is 372 g/mol. The van der Waals surface area contributed by atoms with Crippen LogP contribution in [0.5, 0.6) is 5.75 Å². The van der Waals surface area contributed by atoms with E-state index in [0.717, 1.165) is 15.6 Å². The first kappa shape index (κ1) is 15.9. The minimum Gasteiger partial charge on any atom is -0.492 e. The highest BCUT2D eigenvalue weighted by atomic mass is 32.2. The molecule has 2 heterocycles. The lowest BCUT2D eigenvalue weighted by Crippen LogP contribution is -2.01. The van der Waals surface area contributed by atoms with Crippen LogP contribution in [0.25, 0.3) is 15.2 Å². The van der Waals surface area contributed by atoms with Crippen molar-refractivity contribution < 1.29 is 9.66 Å². The van der Waals surface area contributed by atoms with E-state index >= 15 is 0 Å². The Hall–Kier alpha value is -2.65. The molecule has 0 aliphatic rings. The van der Waals surface area contributed by atoms with Gasteiger partial charge >= 0.3 is 0 Å². The van der Waals surface area contributed by atoms with E-state index in [4.69, 9.17) is 4.74 Å². The van der Waals surface area contributed by atoms with Crippen molar-refractivity contribution in [3.8, 4) is 5.75 Å². The van der Waals surface area contributed by atoms with E-state index in [0.29, 0.717) is 18.1 Å².